The summed E-state index contributed by atoms with van der Waals surface area (Å²) in [6.07, 6.45) is 3.76. The number of nitrogens with zero attached hydrogens (tertiary/aromatic N) is 1. The second kappa shape index (κ2) is 5.74. The zero-order valence-corrected chi connectivity index (χ0v) is 11.4. The maximum Gasteiger partial charge on any atom is 0.0639 e. The Balaban J connectivity index is 2.07. The van der Waals surface area contributed by atoms with E-state index in [1.165, 1.54) is 37.9 Å². The van der Waals surface area contributed by atoms with Crippen LogP contribution >= 0.6 is 11.6 Å². The Bertz CT molecular complexity index is 370. The maximum atomic E-state index is 6.18. The largest absolute Gasteiger partial charge is 0.376 e. The van der Waals surface area contributed by atoms with Crippen LogP contribution in [0.4, 0.5) is 5.69 Å². The first-order valence-corrected chi connectivity index (χ1v) is 6.71. The molecule has 3 heteroatoms. The fourth-order valence-electron chi connectivity index (χ4n) is 2.45. The second-order valence-electron chi connectivity index (χ2n) is 5.08. The number of hydrogen-bond donors (Lipinski definition) is 1. The lowest BCUT2D eigenvalue weighted by molar-refractivity contribution is 0.372. The molecule has 1 fully saturated rings. The van der Waals surface area contributed by atoms with Gasteiger partial charge in [0.2, 0.25) is 0 Å². The Labute approximate surface area is 109 Å². The number of anilines is 1. The third-order valence-electron chi connectivity index (χ3n) is 3.48. The fourth-order valence-corrected chi connectivity index (χ4v) is 2.73. The van der Waals surface area contributed by atoms with Gasteiger partial charge in [-0.05, 0) is 56.0 Å². The van der Waals surface area contributed by atoms with E-state index in [2.05, 4.69) is 22.3 Å². The van der Waals surface area contributed by atoms with Gasteiger partial charge in [0.1, 0.15) is 0 Å². The molecular formula is C14H21ClN2. The summed E-state index contributed by atoms with van der Waals surface area (Å²) in [6.45, 7) is 2.33. The summed E-state index contributed by atoms with van der Waals surface area (Å²) >= 11 is 6.18. The minimum Gasteiger partial charge on any atom is -0.376 e. The van der Waals surface area contributed by atoms with E-state index in [-0.39, 0.29) is 0 Å². The van der Waals surface area contributed by atoms with Gasteiger partial charge < -0.3 is 10.2 Å². The zero-order chi connectivity index (χ0) is 12.3. The average Bonchev–Trinajstić information content (AvgIpc) is 2.32. The summed E-state index contributed by atoms with van der Waals surface area (Å²) < 4.78 is 0. The molecule has 0 aliphatic carbocycles. The minimum absolute atomic E-state index is 0.826. The zero-order valence-electron chi connectivity index (χ0n) is 10.7. The van der Waals surface area contributed by atoms with Gasteiger partial charge in [-0.25, -0.2) is 0 Å². The number of hydrogen-bond acceptors (Lipinski definition) is 2. The van der Waals surface area contributed by atoms with E-state index in [9.17, 15) is 0 Å². The molecule has 0 aromatic heterocycles. The molecule has 1 aromatic carbocycles. The van der Waals surface area contributed by atoms with Crippen LogP contribution in [0.25, 0.3) is 0 Å². The summed E-state index contributed by atoms with van der Waals surface area (Å²) in [6, 6.07) is 6.41. The SMILES string of the molecule is CN(C)c1cc(CC2CCNCC2)ccc1Cl. The molecule has 2 nitrogen and oxygen atoms in total. The summed E-state index contributed by atoms with van der Waals surface area (Å²) in [5, 5.41) is 4.25. The topological polar surface area (TPSA) is 15.3 Å². The van der Waals surface area contributed by atoms with Crippen LogP contribution in [0.5, 0.6) is 0 Å². The molecule has 0 bridgehead atoms. The molecule has 2 rings (SSSR count). The van der Waals surface area contributed by atoms with Crippen molar-refractivity contribution in [1.82, 2.24) is 5.32 Å². The third kappa shape index (κ3) is 3.36. The van der Waals surface area contributed by atoms with Crippen molar-refractivity contribution in [1.29, 1.82) is 0 Å². The lowest BCUT2D eigenvalue weighted by atomic mass is 9.91. The molecule has 1 aromatic rings. The molecule has 0 saturated carbocycles. The Morgan fingerprint density at radius 1 is 1.29 bits per heavy atom. The fraction of sp³-hybridized carbons (Fsp3) is 0.571. The number of piperidine rings is 1. The summed E-state index contributed by atoms with van der Waals surface area (Å²) in [5.41, 5.74) is 2.53. The summed E-state index contributed by atoms with van der Waals surface area (Å²) in [7, 11) is 4.07. The van der Waals surface area contributed by atoms with Gasteiger partial charge in [-0.3, -0.25) is 0 Å². The first-order chi connectivity index (χ1) is 8.16. The van der Waals surface area contributed by atoms with Crippen molar-refractivity contribution in [3.63, 3.8) is 0 Å². The highest BCUT2D eigenvalue weighted by atomic mass is 35.5. The minimum atomic E-state index is 0.826. The molecule has 17 heavy (non-hydrogen) atoms. The van der Waals surface area contributed by atoms with Crippen LogP contribution in [-0.2, 0) is 6.42 Å². The Morgan fingerprint density at radius 2 is 2.00 bits per heavy atom. The average molecular weight is 253 g/mol. The van der Waals surface area contributed by atoms with E-state index < -0.39 is 0 Å². The third-order valence-corrected chi connectivity index (χ3v) is 3.80. The van der Waals surface area contributed by atoms with Gasteiger partial charge in [0.25, 0.3) is 0 Å². The van der Waals surface area contributed by atoms with Crippen LogP contribution in [-0.4, -0.2) is 27.2 Å². The van der Waals surface area contributed by atoms with Crippen molar-refractivity contribution in [2.24, 2.45) is 5.92 Å². The maximum absolute atomic E-state index is 6.18. The van der Waals surface area contributed by atoms with Crippen molar-refractivity contribution in [2.45, 2.75) is 19.3 Å². The van der Waals surface area contributed by atoms with E-state index in [0.29, 0.717) is 0 Å². The second-order valence-corrected chi connectivity index (χ2v) is 5.48. The van der Waals surface area contributed by atoms with Crippen LogP contribution in [0.3, 0.4) is 0 Å². The highest BCUT2D eigenvalue weighted by Crippen LogP contribution is 2.27. The smallest absolute Gasteiger partial charge is 0.0639 e. The lowest BCUT2D eigenvalue weighted by Crippen LogP contribution is -2.28. The number of rotatable bonds is 3. The first kappa shape index (κ1) is 12.7. The molecular weight excluding hydrogens is 232 g/mol. The number of halogens is 1. The monoisotopic (exact) mass is 252 g/mol. The highest BCUT2D eigenvalue weighted by molar-refractivity contribution is 6.33. The van der Waals surface area contributed by atoms with Gasteiger partial charge in [-0.15, -0.1) is 0 Å². The van der Waals surface area contributed by atoms with E-state index in [1.54, 1.807) is 0 Å². The van der Waals surface area contributed by atoms with Gasteiger partial charge in [-0.1, -0.05) is 17.7 Å². The molecule has 1 N–H and O–H groups in total. The van der Waals surface area contributed by atoms with Gasteiger partial charge >= 0.3 is 0 Å². The predicted octanol–water partition coefficient (Wildman–Crippen LogP) is 2.95. The van der Waals surface area contributed by atoms with Crippen LogP contribution in [0.15, 0.2) is 18.2 Å². The normalized spacial score (nSPS) is 17.1. The van der Waals surface area contributed by atoms with Crippen molar-refractivity contribution in [2.75, 3.05) is 32.1 Å². The van der Waals surface area contributed by atoms with Crippen molar-refractivity contribution >= 4 is 17.3 Å². The van der Waals surface area contributed by atoms with Crippen LogP contribution in [0, 0.1) is 5.92 Å². The standard InChI is InChI=1S/C14H21ClN2/c1-17(2)14-10-12(3-4-13(14)15)9-11-5-7-16-8-6-11/h3-4,10-11,16H,5-9H2,1-2H3. The van der Waals surface area contributed by atoms with Crippen LogP contribution in [0.1, 0.15) is 18.4 Å². The van der Waals surface area contributed by atoms with Crippen molar-refractivity contribution in [3.8, 4) is 0 Å². The predicted molar refractivity (Wildman–Crippen MR) is 75.1 cm³/mol. The molecule has 1 saturated heterocycles. The number of nitrogens with one attached hydrogen (secondary N) is 1. The molecule has 0 atom stereocenters. The van der Waals surface area contributed by atoms with E-state index in [0.717, 1.165) is 16.6 Å². The molecule has 0 radical (unpaired) electrons. The van der Waals surface area contributed by atoms with Crippen molar-refractivity contribution < 1.29 is 0 Å². The van der Waals surface area contributed by atoms with Gasteiger partial charge in [-0.2, -0.15) is 0 Å². The van der Waals surface area contributed by atoms with Crippen LogP contribution in [0.2, 0.25) is 5.02 Å². The first-order valence-electron chi connectivity index (χ1n) is 6.33. The molecule has 1 aliphatic heterocycles. The summed E-state index contributed by atoms with van der Waals surface area (Å²) in [5.74, 6) is 0.826. The van der Waals surface area contributed by atoms with E-state index in [1.807, 2.05) is 20.2 Å². The van der Waals surface area contributed by atoms with Crippen molar-refractivity contribution in [3.05, 3.63) is 28.8 Å². The summed E-state index contributed by atoms with van der Waals surface area (Å²) in [4.78, 5) is 2.08. The quantitative estimate of drug-likeness (QED) is 0.890. The van der Waals surface area contributed by atoms with E-state index >= 15 is 0 Å². The molecule has 1 aliphatic rings. The molecule has 0 spiro atoms. The highest BCUT2D eigenvalue weighted by Gasteiger charge is 2.14. The van der Waals surface area contributed by atoms with Gasteiger partial charge in [0, 0.05) is 14.1 Å². The Hall–Kier alpha value is -0.730. The van der Waals surface area contributed by atoms with Gasteiger partial charge in [0.05, 0.1) is 10.7 Å². The molecule has 94 valence electrons. The van der Waals surface area contributed by atoms with E-state index in [4.69, 9.17) is 11.6 Å². The Morgan fingerprint density at radius 3 is 2.65 bits per heavy atom. The molecule has 0 amide bonds. The van der Waals surface area contributed by atoms with Gasteiger partial charge in [0.15, 0.2) is 0 Å². The number of benzene rings is 1. The Kier molecular flexibility index (Phi) is 4.30. The lowest BCUT2D eigenvalue weighted by Gasteiger charge is -2.23. The molecule has 0 unspecified atom stereocenters. The van der Waals surface area contributed by atoms with Crippen LogP contribution < -0.4 is 10.2 Å². The molecule has 1 heterocycles.